The molecule has 8 N–H and O–H groups in total. The van der Waals surface area contributed by atoms with Crippen molar-refractivity contribution in [3.05, 3.63) is 72.4 Å². The fraction of sp³-hybridized carbons (Fsp3) is 0.414. The second kappa shape index (κ2) is 14.5. The highest BCUT2D eigenvalue weighted by Crippen LogP contribution is 2.17. The monoisotopic (exact) mass is 520 g/mol. The number of nitrogens with zero attached hydrogens (tertiary/aromatic N) is 2. The highest BCUT2D eigenvalue weighted by Gasteiger charge is 2.25. The molecule has 2 aromatic carbocycles. The molecule has 0 radical (unpaired) electrons. The van der Waals surface area contributed by atoms with E-state index in [1.165, 1.54) is 0 Å². The topological polar surface area (TPSA) is 149 Å². The molecule has 204 valence electrons. The number of fused-ring (bicyclic) bond motifs is 1. The van der Waals surface area contributed by atoms with Gasteiger partial charge in [-0.2, -0.15) is 0 Å². The maximum Gasteiger partial charge on any atom is 0.247 e. The highest BCUT2D eigenvalue weighted by molar-refractivity contribution is 5.98. The van der Waals surface area contributed by atoms with Gasteiger partial charge in [-0.15, -0.1) is 0 Å². The van der Waals surface area contributed by atoms with Gasteiger partial charge >= 0.3 is 0 Å². The van der Waals surface area contributed by atoms with Crippen LogP contribution in [0.3, 0.4) is 0 Å². The Balaban J connectivity index is 1.63. The third-order valence-corrected chi connectivity index (χ3v) is 6.94. The van der Waals surface area contributed by atoms with Crippen molar-refractivity contribution in [3.8, 4) is 0 Å². The zero-order chi connectivity index (χ0) is 27.4. The van der Waals surface area contributed by atoms with E-state index in [0.29, 0.717) is 38.0 Å². The van der Waals surface area contributed by atoms with Gasteiger partial charge in [0.2, 0.25) is 11.8 Å². The Morgan fingerprint density at radius 1 is 0.921 bits per heavy atom. The molecule has 9 nitrogen and oxygen atoms in total. The van der Waals surface area contributed by atoms with Crippen LogP contribution in [-0.4, -0.2) is 73.1 Å². The van der Waals surface area contributed by atoms with Crippen LogP contribution in [0.2, 0.25) is 0 Å². The number of quaternary nitrogens is 1. The van der Waals surface area contributed by atoms with Crippen LogP contribution in [0.5, 0.6) is 0 Å². The number of pyridine rings is 1. The first-order chi connectivity index (χ1) is 18.3. The molecule has 3 rings (SSSR count). The molecule has 38 heavy (non-hydrogen) atoms. The lowest BCUT2D eigenvalue weighted by Crippen LogP contribution is -2.52. The SMILES string of the molecule is C[N+](CCN)(CCN)CCC[C@H](N)C(=O)N[C@@H](CCc1ccccc1)C(=O)Nc1cnc2ccccc2c1. The maximum atomic E-state index is 13.3. The molecule has 3 aromatic rings. The predicted octanol–water partition coefficient (Wildman–Crippen LogP) is 1.76. The summed E-state index contributed by atoms with van der Waals surface area (Å²) in [6, 6.07) is 18.0. The molecule has 0 aliphatic carbocycles. The summed E-state index contributed by atoms with van der Waals surface area (Å²) < 4.78 is 0.753. The molecular weight excluding hydrogens is 478 g/mol. The van der Waals surface area contributed by atoms with Crippen LogP contribution in [0, 0.1) is 0 Å². The molecular formula is C29H42N7O2+. The first-order valence-corrected chi connectivity index (χ1v) is 13.3. The van der Waals surface area contributed by atoms with Crippen molar-refractivity contribution in [3.63, 3.8) is 0 Å². The van der Waals surface area contributed by atoms with E-state index in [1.54, 1.807) is 6.20 Å². The Labute approximate surface area is 225 Å². The van der Waals surface area contributed by atoms with E-state index in [1.807, 2.05) is 60.7 Å². The van der Waals surface area contributed by atoms with Crippen LogP contribution < -0.4 is 27.8 Å². The lowest BCUT2D eigenvalue weighted by molar-refractivity contribution is -0.907. The van der Waals surface area contributed by atoms with Crippen molar-refractivity contribution < 1.29 is 14.1 Å². The van der Waals surface area contributed by atoms with Gasteiger partial charge in [0.15, 0.2) is 0 Å². The van der Waals surface area contributed by atoms with Crippen LogP contribution in [-0.2, 0) is 16.0 Å². The van der Waals surface area contributed by atoms with Gasteiger partial charge in [-0.25, -0.2) is 0 Å². The van der Waals surface area contributed by atoms with Crippen LogP contribution >= 0.6 is 0 Å². The van der Waals surface area contributed by atoms with Crippen LogP contribution in [0.4, 0.5) is 5.69 Å². The first-order valence-electron chi connectivity index (χ1n) is 13.3. The molecule has 2 amide bonds. The van der Waals surface area contributed by atoms with Crippen molar-refractivity contribution in [2.24, 2.45) is 17.2 Å². The second-order valence-corrected chi connectivity index (χ2v) is 10.1. The minimum absolute atomic E-state index is 0.298. The number of aryl methyl sites for hydroxylation is 1. The van der Waals surface area contributed by atoms with Crippen LogP contribution in [0.25, 0.3) is 10.9 Å². The third-order valence-electron chi connectivity index (χ3n) is 6.94. The number of hydrogen-bond donors (Lipinski definition) is 5. The molecule has 0 saturated heterocycles. The summed E-state index contributed by atoms with van der Waals surface area (Å²) in [5.41, 5.74) is 20.3. The molecule has 0 bridgehead atoms. The normalized spacial score (nSPS) is 13.2. The molecule has 0 spiro atoms. The van der Waals surface area contributed by atoms with E-state index in [-0.39, 0.29) is 11.8 Å². The minimum Gasteiger partial charge on any atom is -0.343 e. The number of nitrogens with two attached hydrogens (primary N) is 3. The number of carbonyl (C=O) groups excluding carboxylic acids is 2. The smallest absolute Gasteiger partial charge is 0.247 e. The van der Waals surface area contributed by atoms with E-state index in [0.717, 1.165) is 47.0 Å². The van der Waals surface area contributed by atoms with Crippen molar-refractivity contribution in [2.75, 3.05) is 45.1 Å². The number of benzene rings is 2. The van der Waals surface area contributed by atoms with Gasteiger partial charge in [-0.3, -0.25) is 14.6 Å². The summed E-state index contributed by atoms with van der Waals surface area (Å²) in [5.74, 6) is -0.629. The second-order valence-electron chi connectivity index (χ2n) is 10.1. The van der Waals surface area contributed by atoms with Gasteiger partial charge in [0.05, 0.1) is 50.1 Å². The number of para-hydroxylation sites is 1. The van der Waals surface area contributed by atoms with Crippen LogP contribution in [0.15, 0.2) is 66.9 Å². The molecule has 0 aliphatic rings. The Bertz CT molecular complexity index is 1170. The quantitative estimate of drug-likeness (QED) is 0.193. The summed E-state index contributed by atoms with van der Waals surface area (Å²) in [4.78, 5) is 30.7. The summed E-state index contributed by atoms with van der Waals surface area (Å²) in [6.07, 6.45) is 3.97. The third kappa shape index (κ3) is 8.88. The number of hydrogen-bond acceptors (Lipinski definition) is 6. The number of nitrogens with one attached hydrogen (secondary N) is 2. The number of rotatable bonds is 15. The van der Waals surface area contributed by atoms with Crippen molar-refractivity contribution >= 4 is 28.4 Å². The molecule has 0 saturated carbocycles. The molecule has 1 aromatic heterocycles. The molecule has 2 atom stereocenters. The molecule has 0 fully saturated rings. The predicted molar refractivity (Wildman–Crippen MR) is 153 cm³/mol. The molecule has 9 heteroatoms. The van der Waals surface area contributed by atoms with E-state index in [9.17, 15) is 9.59 Å². The van der Waals surface area contributed by atoms with Crippen molar-refractivity contribution in [2.45, 2.75) is 37.8 Å². The van der Waals surface area contributed by atoms with Gasteiger partial charge in [-0.05, 0) is 43.4 Å². The highest BCUT2D eigenvalue weighted by atomic mass is 16.2. The summed E-state index contributed by atoms with van der Waals surface area (Å²) >= 11 is 0. The van der Waals surface area contributed by atoms with E-state index in [4.69, 9.17) is 17.2 Å². The zero-order valence-corrected chi connectivity index (χ0v) is 22.3. The number of anilines is 1. The largest absolute Gasteiger partial charge is 0.343 e. The van der Waals surface area contributed by atoms with Gasteiger partial charge in [0, 0.05) is 18.5 Å². The fourth-order valence-electron chi connectivity index (χ4n) is 4.65. The summed E-state index contributed by atoms with van der Waals surface area (Å²) in [7, 11) is 2.12. The lowest BCUT2D eigenvalue weighted by Gasteiger charge is -2.34. The van der Waals surface area contributed by atoms with E-state index in [2.05, 4.69) is 22.7 Å². The zero-order valence-electron chi connectivity index (χ0n) is 22.3. The Morgan fingerprint density at radius 3 is 2.32 bits per heavy atom. The standard InChI is InChI=1S/C29H41N7O2/c1-36(18-15-30,19-16-31)17-7-11-25(32)28(37)35-27(14-13-22-8-3-2-4-9-22)29(38)34-24-20-23-10-5-6-12-26(23)33-21-24/h2-6,8-10,12,20-21,25,27H,7,11,13-19,30-32H2,1H3,(H-,34,35,37,38)/p+1/t25-,27-/m0/s1. The number of amides is 2. The molecule has 0 unspecified atom stereocenters. The minimum atomic E-state index is -0.740. The van der Waals surface area contributed by atoms with Crippen LogP contribution in [0.1, 0.15) is 24.8 Å². The van der Waals surface area contributed by atoms with Gasteiger partial charge in [0.1, 0.15) is 6.04 Å². The van der Waals surface area contributed by atoms with Gasteiger partial charge < -0.3 is 32.3 Å². The van der Waals surface area contributed by atoms with E-state index >= 15 is 0 Å². The Kier molecular flexibility index (Phi) is 11.2. The van der Waals surface area contributed by atoms with E-state index < -0.39 is 12.1 Å². The van der Waals surface area contributed by atoms with Gasteiger partial charge in [0.25, 0.3) is 0 Å². The molecule has 1 heterocycles. The lowest BCUT2D eigenvalue weighted by atomic mass is 10.0. The number of aromatic nitrogens is 1. The average molecular weight is 521 g/mol. The molecule has 0 aliphatic heterocycles. The van der Waals surface area contributed by atoms with Crippen molar-refractivity contribution in [1.29, 1.82) is 0 Å². The summed E-state index contributed by atoms with van der Waals surface area (Å²) in [5, 5.41) is 6.75. The average Bonchev–Trinajstić information content (AvgIpc) is 2.91. The van der Waals surface area contributed by atoms with Crippen molar-refractivity contribution in [1.82, 2.24) is 10.3 Å². The first kappa shape index (κ1) is 29.2. The number of likely N-dealkylation sites (N-methyl/N-ethyl adjacent to an activating group) is 1. The van der Waals surface area contributed by atoms with Gasteiger partial charge in [-0.1, -0.05) is 48.5 Å². The maximum absolute atomic E-state index is 13.3. The Morgan fingerprint density at radius 2 is 1.61 bits per heavy atom. The summed E-state index contributed by atoms with van der Waals surface area (Å²) in [6.45, 7) is 3.64. The number of carbonyl (C=O) groups is 2. The Hall–Kier alpha value is -3.37. The fourth-order valence-corrected chi connectivity index (χ4v) is 4.65.